The molecule has 0 radical (unpaired) electrons. The van der Waals surface area contributed by atoms with Crippen molar-refractivity contribution in [1.29, 1.82) is 0 Å². The van der Waals surface area contributed by atoms with Crippen molar-refractivity contribution in [3.05, 3.63) is 0 Å². The van der Waals surface area contributed by atoms with E-state index in [1.807, 2.05) is 0 Å². The van der Waals surface area contributed by atoms with Crippen molar-refractivity contribution in [2.75, 3.05) is 6.54 Å². The van der Waals surface area contributed by atoms with Crippen LogP contribution in [0.2, 0.25) is 0 Å². The van der Waals surface area contributed by atoms with Crippen LogP contribution in [0.3, 0.4) is 0 Å². The van der Waals surface area contributed by atoms with Gasteiger partial charge in [-0.3, -0.25) is 9.59 Å². The number of rotatable bonds is 5. The van der Waals surface area contributed by atoms with E-state index in [0.717, 1.165) is 0 Å². The zero-order valence-corrected chi connectivity index (χ0v) is 12.0. The summed E-state index contributed by atoms with van der Waals surface area (Å²) in [5.74, 6) is -1.41. The number of aliphatic carboxylic acids is 1. The fraction of sp³-hybridized carbons (Fsp3) is 0.833. The highest BCUT2D eigenvalue weighted by Gasteiger charge is 2.31. The molecule has 0 spiro atoms. The van der Waals surface area contributed by atoms with Crippen LogP contribution in [0.5, 0.6) is 0 Å². The summed E-state index contributed by atoms with van der Waals surface area (Å²) in [6.45, 7) is 10.6. The summed E-state index contributed by atoms with van der Waals surface area (Å²) in [5.41, 5.74) is 4.20. The molecule has 0 aromatic carbocycles. The molecule has 1 atom stereocenters. The molecule has 0 unspecified atom stereocenters. The smallest absolute Gasteiger partial charge is 0.322 e. The summed E-state index contributed by atoms with van der Waals surface area (Å²) < 4.78 is 5.08. The van der Waals surface area contributed by atoms with Crippen molar-refractivity contribution in [3.8, 4) is 0 Å². The van der Waals surface area contributed by atoms with Gasteiger partial charge in [0.05, 0.1) is 0 Å². The molecular formula is C12H24N2O4. The fourth-order valence-corrected chi connectivity index (χ4v) is 1.25. The van der Waals surface area contributed by atoms with Crippen LogP contribution >= 0.6 is 0 Å². The second-order valence-corrected chi connectivity index (χ2v) is 6.22. The van der Waals surface area contributed by atoms with Crippen LogP contribution in [0.25, 0.3) is 0 Å². The first kappa shape index (κ1) is 16.9. The number of hydrogen-bond donors (Lipinski definition) is 3. The largest absolute Gasteiger partial charge is 0.480 e. The zero-order chi connectivity index (χ0) is 14.6. The van der Waals surface area contributed by atoms with Gasteiger partial charge in [0.15, 0.2) is 0 Å². The molecule has 0 saturated carbocycles. The molecule has 0 aromatic heterocycles. The van der Waals surface area contributed by atoms with E-state index >= 15 is 0 Å². The molecule has 0 aliphatic carbocycles. The lowest BCUT2D eigenvalue weighted by Gasteiger charge is -2.28. The zero-order valence-electron chi connectivity index (χ0n) is 12.0. The van der Waals surface area contributed by atoms with Crippen molar-refractivity contribution < 1.29 is 19.4 Å². The number of carboxylic acid groups (broad SMARTS) is 1. The minimum atomic E-state index is -0.973. The lowest BCUT2D eigenvalue weighted by molar-refractivity contribution is -0.154. The van der Waals surface area contributed by atoms with Gasteiger partial charge in [-0.05, 0) is 26.2 Å². The minimum absolute atomic E-state index is 0.0862. The van der Waals surface area contributed by atoms with Crippen LogP contribution < -0.4 is 10.9 Å². The van der Waals surface area contributed by atoms with E-state index in [-0.39, 0.29) is 6.54 Å². The quantitative estimate of drug-likeness (QED) is 0.503. The number of ether oxygens (including phenoxy) is 1. The Morgan fingerprint density at radius 3 is 2.00 bits per heavy atom. The normalized spacial score (nSPS) is 14.1. The Bertz CT molecular complexity index is 302. The predicted octanol–water partition coefficient (Wildman–Crippen LogP) is 0.922. The molecule has 0 aliphatic heterocycles. The van der Waals surface area contributed by atoms with Crippen molar-refractivity contribution >= 4 is 11.9 Å². The molecule has 6 heteroatoms. The minimum Gasteiger partial charge on any atom is -0.480 e. The van der Waals surface area contributed by atoms with Crippen LogP contribution in [0, 0.1) is 5.41 Å². The van der Waals surface area contributed by atoms with E-state index in [2.05, 4.69) is 10.9 Å². The Kier molecular flexibility index (Phi) is 5.76. The molecule has 0 aliphatic rings. The van der Waals surface area contributed by atoms with Gasteiger partial charge in [0.25, 0.3) is 0 Å². The van der Waals surface area contributed by atoms with Crippen molar-refractivity contribution in [3.63, 3.8) is 0 Å². The second-order valence-electron chi connectivity index (χ2n) is 6.22. The van der Waals surface area contributed by atoms with E-state index in [4.69, 9.17) is 9.84 Å². The van der Waals surface area contributed by atoms with E-state index in [1.165, 1.54) is 0 Å². The summed E-state index contributed by atoms with van der Waals surface area (Å²) in [7, 11) is 0. The van der Waals surface area contributed by atoms with Gasteiger partial charge >= 0.3 is 11.9 Å². The van der Waals surface area contributed by atoms with E-state index in [1.54, 1.807) is 41.5 Å². The van der Waals surface area contributed by atoms with E-state index < -0.39 is 29.0 Å². The number of carboxylic acids is 1. The van der Waals surface area contributed by atoms with Crippen molar-refractivity contribution in [2.24, 2.45) is 5.41 Å². The molecule has 0 bridgehead atoms. The van der Waals surface area contributed by atoms with Gasteiger partial charge in [0.2, 0.25) is 0 Å². The average molecular weight is 260 g/mol. The van der Waals surface area contributed by atoms with Gasteiger partial charge in [-0.25, -0.2) is 10.9 Å². The summed E-state index contributed by atoms with van der Waals surface area (Å²) in [6.07, 6.45) is 0. The molecule has 18 heavy (non-hydrogen) atoms. The summed E-state index contributed by atoms with van der Waals surface area (Å²) in [4.78, 5) is 22.4. The number of hydrazine groups is 1. The van der Waals surface area contributed by atoms with Gasteiger partial charge in [0, 0.05) is 0 Å². The molecule has 0 rings (SSSR count). The lowest BCUT2D eigenvalue weighted by Crippen LogP contribution is -2.53. The number of carbonyl (C=O) groups excluding carboxylic acids is 1. The highest BCUT2D eigenvalue weighted by Crippen LogP contribution is 2.18. The Morgan fingerprint density at radius 1 is 1.17 bits per heavy atom. The number of hydrogen-bond acceptors (Lipinski definition) is 5. The topological polar surface area (TPSA) is 87.7 Å². The van der Waals surface area contributed by atoms with Gasteiger partial charge in [-0.15, -0.1) is 0 Å². The van der Waals surface area contributed by atoms with Crippen LogP contribution in [0.1, 0.15) is 41.5 Å². The first-order valence-corrected chi connectivity index (χ1v) is 5.86. The molecule has 0 aromatic rings. The second kappa shape index (κ2) is 6.15. The lowest BCUT2D eigenvalue weighted by atomic mass is 9.87. The Balaban J connectivity index is 4.17. The standard InChI is InChI=1S/C12H24N2O4/c1-11(2,3)9(10(16)17)14-13-7-8(15)18-12(4,5)6/h9,13-14H,7H2,1-6H3,(H,16,17)/t9-/m1/s1. The van der Waals surface area contributed by atoms with Gasteiger partial charge in [-0.1, -0.05) is 20.8 Å². The van der Waals surface area contributed by atoms with Crippen LogP contribution in [-0.4, -0.2) is 35.2 Å². The van der Waals surface area contributed by atoms with Crippen LogP contribution in [0.15, 0.2) is 0 Å². The number of esters is 1. The van der Waals surface area contributed by atoms with Crippen molar-refractivity contribution in [2.45, 2.75) is 53.2 Å². The van der Waals surface area contributed by atoms with E-state index in [0.29, 0.717) is 0 Å². The predicted molar refractivity (Wildman–Crippen MR) is 67.9 cm³/mol. The van der Waals surface area contributed by atoms with Crippen molar-refractivity contribution in [1.82, 2.24) is 10.9 Å². The highest BCUT2D eigenvalue weighted by molar-refractivity contribution is 5.75. The van der Waals surface area contributed by atoms with Gasteiger partial charge < -0.3 is 9.84 Å². The third-order valence-electron chi connectivity index (χ3n) is 2.01. The molecule has 106 valence electrons. The Morgan fingerprint density at radius 2 is 1.67 bits per heavy atom. The maximum atomic E-state index is 11.4. The summed E-state index contributed by atoms with van der Waals surface area (Å²) >= 11 is 0. The monoisotopic (exact) mass is 260 g/mol. The average Bonchev–Trinajstić information content (AvgIpc) is 2.06. The summed E-state index contributed by atoms with van der Waals surface area (Å²) in [6, 6.07) is -0.792. The summed E-state index contributed by atoms with van der Waals surface area (Å²) in [5, 5.41) is 9.04. The molecular weight excluding hydrogens is 236 g/mol. The Hall–Kier alpha value is -1.14. The van der Waals surface area contributed by atoms with Gasteiger partial charge in [0.1, 0.15) is 18.2 Å². The molecule has 0 saturated heterocycles. The third-order valence-corrected chi connectivity index (χ3v) is 2.01. The number of carbonyl (C=O) groups is 2. The SMILES string of the molecule is CC(C)(C)OC(=O)CNN[C@H](C(=O)O)C(C)(C)C. The fourth-order valence-electron chi connectivity index (χ4n) is 1.25. The van der Waals surface area contributed by atoms with Crippen LogP contribution in [0.4, 0.5) is 0 Å². The number of nitrogens with one attached hydrogen (secondary N) is 2. The maximum Gasteiger partial charge on any atom is 0.322 e. The maximum absolute atomic E-state index is 11.4. The molecule has 3 N–H and O–H groups in total. The molecule has 0 heterocycles. The Labute approximate surface area is 108 Å². The van der Waals surface area contributed by atoms with Gasteiger partial charge in [-0.2, -0.15) is 0 Å². The van der Waals surface area contributed by atoms with Crippen LogP contribution in [-0.2, 0) is 14.3 Å². The first-order chi connectivity index (χ1) is 7.93. The first-order valence-electron chi connectivity index (χ1n) is 5.86. The third kappa shape index (κ3) is 7.24. The molecule has 0 fully saturated rings. The molecule has 0 amide bonds. The van der Waals surface area contributed by atoms with E-state index in [9.17, 15) is 9.59 Å². The molecule has 6 nitrogen and oxygen atoms in total. The highest BCUT2D eigenvalue weighted by atomic mass is 16.6.